The van der Waals surface area contributed by atoms with E-state index in [1.165, 1.54) is 31.3 Å². The fourth-order valence-electron chi connectivity index (χ4n) is 1.24. The van der Waals surface area contributed by atoms with E-state index in [1.807, 2.05) is 0 Å². The largest absolute Gasteiger partial charge is 0.392 e. The molecular formula is C10H13FN2O2S2. The molecule has 0 aliphatic heterocycles. The molecule has 0 spiro atoms. The third-order valence-corrected chi connectivity index (χ3v) is 4.20. The molecule has 0 heterocycles. The lowest BCUT2D eigenvalue weighted by Crippen LogP contribution is -2.33. The molecular weight excluding hydrogens is 263 g/mol. The molecule has 4 nitrogen and oxygen atoms in total. The van der Waals surface area contributed by atoms with E-state index in [-0.39, 0.29) is 23.1 Å². The Bertz CT molecular complexity index is 500. The minimum Gasteiger partial charge on any atom is -0.392 e. The molecule has 0 atom stereocenters. The standard InChI is InChI=1S/C10H13FN2O2S2/c1-13(17(14,15)7-10(12)16)6-8-2-4-9(11)5-3-8/h2-5H,6-7H2,1H3,(H2,12,16). The number of rotatable bonds is 5. The van der Waals surface area contributed by atoms with Crippen LogP contribution >= 0.6 is 12.2 Å². The van der Waals surface area contributed by atoms with E-state index in [0.717, 1.165) is 4.31 Å². The van der Waals surface area contributed by atoms with Crippen molar-refractivity contribution < 1.29 is 12.8 Å². The summed E-state index contributed by atoms with van der Waals surface area (Å²) in [6, 6.07) is 5.62. The molecule has 0 saturated carbocycles. The molecule has 0 amide bonds. The van der Waals surface area contributed by atoms with Gasteiger partial charge in [0.25, 0.3) is 0 Å². The van der Waals surface area contributed by atoms with Crippen LogP contribution < -0.4 is 5.73 Å². The monoisotopic (exact) mass is 276 g/mol. The summed E-state index contributed by atoms with van der Waals surface area (Å²) in [5, 5.41) is 0. The first-order chi connectivity index (χ1) is 7.81. The quantitative estimate of drug-likeness (QED) is 0.811. The smallest absolute Gasteiger partial charge is 0.220 e. The summed E-state index contributed by atoms with van der Waals surface area (Å²) in [7, 11) is -2.07. The van der Waals surface area contributed by atoms with Crippen molar-refractivity contribution in [1.29, 1.82) is 0 Å². The Hall–Kier alpha value is -1.05. The van der Waals surface area contributed by atoms with E-state index >= 15 is 0 Å². The van der Waals surface area contributed by atoms with Gasteiger partial charge in [-0.3, -0.25) is 0 Å². The van der Waals surface area contributed by atoms with E-state index in [9.17, 15) is 12.8 Å². The van der Waals surface area contributed by atoms with Crippen molar-refractivity contribution >= 4 is 27.2 Å². The second-order valence-corrected chi connectivity index (χ2v) is 6.21. The fourth-order valence-corrected chi connectivity index (χ4v) is 2.61. The molecule has 7 heteroatoms. The molecule has 0 fully saturated rings. The van der Waals surface area contributed by atoms with Gasteiger partial charge in [0.15, 0.2) is 0 Å². The van der Waals surface area contributed by atoms with Crippen molar-refractivity contribution in [2.24, 2.45) is 5.73 Å². The van der Waals surface area contributed by atoms with Gasteiger partial charge in [-0.05, 0) is 17.7 Å². The maximum atomic E-state index is 12.7. The number of halogens is 1. The van der Waals surface area contributed by atoms with Crippen molar-refractivity contribution in [1.82, 2.24) is 4.31 Å². The third kappa shape index (κ3) is 4.37. The lowest BCUT2D eigenvalue weighted by Gasteiger charge is -2.16. The number of benzene rings is 1. The zero-order valence-corrected chi connectivity index (χ0v) is 10.9. The molecule has 1 aromatic carbocycles. The van der Waals surface area contributed by atoms with Crippen LogP contribution in [-0.4, -0.2) is 30.5 Å². The lowest BCUT2D eigenvalue weighted by atomic mass is 10.2. The molecule has 0 aliphatic rings. The molecule has 17 heavy (non-hydrogen) atoms. The SMILES string of the molecule is CN(Cc1ccc(F)cc1)S(=O)(=O)CC(N)=S. The topological polar surface area (TPSA) is 63.4 Å². The molecule has 2 N–H and O–H groups in total. The number of thiocarbonyl (C=S) groups is 1. The minimum atomic E-state index is -3.49. The average molecular weight is 276 g/mol. The fraction of sp³-hybridized carbons (Fsp3) is 0.300. The van der Waals surface area contributed by atoms with Crippen LogP contribution in [0.2, 0.25) is 0 Å². The average Bonchev–Trinajstić information content (AvgIpc) is 2.19. The summed E-state index contributed by atoms with van der Waals surface area (Å²) in [5.41, 5.74) is 5.90. The number of hydrogen-bond donors (Lipinski definition) is 1. The summed E-state index contributed by atoms with van der Waals surface area (Å²) in [6.07, 6.45) is 0. The van der Waals surface area contributed by atoms with Crippen molar-refractivity contribution in [2.45, 2.75) is 6.54 Å². The molecule has 0 bridgehead atoms. The Morgan fingerprint density at radius 1 is 1.41 bits per heavy atom. The van der Waals surface area contributed by atoms with Gasteiger partial charge >= 0.3 is 0 Å². The van der Waals surface area contributed by atoms with Crippen LogP contribution in [0.5, 0.6) is 0 Å². The number of nitrogens with zero attached hydrogens (tertiary/aromatic N) is 1. The van der Waals surface area contributed by atoms with Gasteiger partial charge in [-0.25, -0.2) is 17.1 Å². The maximum absolute atomic E-state index is 12.7. The summed E-state index contributed by atoms with van der Waals surface area (Å²) >= 11 is 4.57. The molecule has 0 radical (unpaired) electrons. The minimum absolute atomic E-state index is 0.0732. The highest BCUT2D eigenvalue weighted by molar-refractivity contribution is 7.92. The molecule has 0 aromatic heterocycles. The predicted molar refractivity (Wildman–Crippen MR) is 68.4 cm³/mol. The van der Waals surface area contributed by atoms with Crippen LogP contribution in [0.1, 0.15) is 5.56 Å². The predicted octanol–water partition coefficient (Wildman–Crippen LogP) is 0.873. The van der Waals surface area contributed by atoms with Crippen molar-refractivity contribution in [2.75, 3.05) is 12.8 Å². The Morgan fingerprint density at radius 3 is 2.41 bits per heavy atom. The van der Waals surface area contributed by atoms with Gasteiger partial charge in [0.1, 0.15) is 11.6 Å². The highest BCUT2D eigenvalue weighted by atomic mass is 32.2. The maximum Gasteiger partial charge on any atom is 0.220 e. The molecule has 0 saturated heterocycles. The van der Waals surface area contributed by atoms with Gasteiger partial charge in [0.2, 0.25) is 10.0 Å². The van der Waals surface area contributed by atoms with E-state index in [1.54, 1.807) is 0 Å². The molecule has 1 aromatic rings. The molecule has 0 unspecified atom stereocenters. The van der Waals surface area contributed by atoms with Crippen molar-refractivity contribution in [3.05, 3.63) is 35.6 Å². The zero-order chi connectivity index (χ0) is 13.1. The van der Waals surface area contributed by atoms with Gasteiger partial charge in [-0.15, -0.1) is 0 Å². The van der Waals surface area contributed by atoms with Crippen LogP contribution in [-0.2, 0) is 16.6 Å². The number of sulfonamides is 1. The van der Waals surface area contributed by atoms with Crippen LogP contribution in [0, 0.1) is 5.82 Å². The summed E-state index contributed by atoms with van der Waals surface area (Å²) in [5.74, 6) is -0.720. The first-order valence-electron chi connectivity index (χ1n) is 4.78. The van der Waals surface area contributed by atoms with Gasteiger partial charge < -0.3 is 5.73 Å². The number of hydrogen-bond acceptors (Lipinski definition) is 3. The van der Waals surface area contributed by atoms with Gasteiger partial charge in [-0.2, -0.15) is 0 Å². The normalized spacial score (nSPS) is 11.7. The second kappa shape index (κ2) is 5.52. The van der Waals surface area contributed by atoms with Crippen molar-refractivity contribution in [3.63, 3.8) is 0 Å². The summed E-state index contributed by atoms with van der Waals surface area (Å²) < 4.78 is 37.2. The van der Waals surface area contributed by atoms with E-state index in [2.05, 4.69) is 12.2 Å². The van der Waals surface area contributed by atoms with Gasteiger partial charge in [0, 0.05) is 13.6 Å². The Balaban J connectivity index is 2.75. The number of nitrogens with two attached hydrogens (primary N) is 1. The van der Waals surface area contributed by atoms with Crippen LogP contribution in [0.4, 0.5) is 4.39 Å². The van der Waals surface area contributed by atoms with Gasteiger partial charge in [-0.1, -0.05) is 24.4 Å². The van der Waals surface area contributed by atoms with E-state index < -0.39 is 10.0 Å². The zero-order valence-electron chi connectivity index (χ0n) is 9.26. The highest BCUT2D eigenvalue weighted by Crippen LogP contribution is 2.08. The summed E-state index contributed by atoms with van der Waals surface area (Å²) in [4.78, 5) is -0.0732. The van der Waals surface area contributed by atoms with Crippen LogP contribution in [0.3, 0.4) is 0 Å². The molecule has 1 rings (SSSR count). The van der Waals surface area contributed by atoms with Crippen molar-refractivity contribution in [3.8, 4) is 0 Å². The highest BCUT2D eigenvalue weighted by Gasteiger charge is 2.18. The summed E-state index contributed by atoms with van der Waals surface area (Å²) in [6.45, 7) is 0.158. The Kier molecular flexibility index (Phi) is 4.55. The second-order valence-electron chi connectivity index (χ2n) is 3.61. The Morgan fingerprint density at radius 2 is 1.94 bits per heavy atom. The molecule has 94 valence electrons. The first-order valence-corrected chi connectivity index (χ1v) is 6.80. The Labute approximate surface area is 105 Å². The lowest BCUT2D eigenvalue weighted by molar-refractivity contribution is 0.470. The van der Waals surface area contributed by atoms with Crippen LogP contribution in [0.25, 0.3) is 0 Å². The van der Waals surface area contributed by atoms with Gasteiger partial charge in [0.05, 0.1) is 4.99 Å². The third-order valence-electron chi connectivity index (χ3n) is 2.12. The van der Waals surface area contributed by atoms with E-state index in [0.29, 0.717) is 5.56 Å². The molecule has 0 aliphatic carbocycles. The first kappa shape index (κ1) is 14.0. The van der Waals surface area contributed by atoms with E-state index in [4.69, 9.17) is 5.73 Å². The van der Waals surface area contributed by atoms with Crippen LogP contribution in [0.15, 0.2) is 24.3 Å².